The van der Waals surface area contributed by atoms with Gasteiger partial charge in [-0.25, -0.2) is 0 Å². The number of carbonyl (C=O) groups is 1. The highest BCUT2D eigenvalue weighted by Gasteiger charge is 2.23. The van der Waals surface area contributed by atoms with E-state index in [4.69, 9.17) is 11.5 Å². The number of nitrogens with two attached hydrogens (primary N) is 2. The smallest absolute Gasteiger partial charge is 0.150 e. The van der Waals surface area contributed by atoms with Gasteiger partial charge in [0.1, 0.15) is 5.78 Å². The Kier molecular flexibility index (Phi) is 9.65. The van der Waals surface area contributed by atoms with Crippen molar-refractivity contribution in [1.82, 2.24) is 0 Å². The lowest BCUT2D eigenvalue weighted by Crippen LogP contribution is -2.34. The van der Waals surface area contributed by atoms with Crippen molar-refractivity contribution >= 4 is 5.78 Å². The largest absolute Gasteiger partial charge is 0.330 e. The van der Waals surface area contributed by atoms with Gasteiger partial charge in [-0.2, -0.15) is 0 Å². The average molecular weight is 309 g/mol. The molecule has 4 N–H and O–H groups in total. The predicted octanol–water partition coefficient (Wildman–Crippen LogP) is 3.95. The third-order valence-corrected chi connectivity index (χ3v) is 5.13. The minimum absolute atomic E-state index is 0.227. The fourth-order valence-electron chi connectivity index (χ4n) is 3.54. The number of hydrogen-bond donors (Lipinski definition) is 2. The third-order valence-electron chi connectivity index (χ3n) is 5.13. The average Bonchev–Trinajstić information content (AvgIpc) is 2.74. The van der Waals surface area contributed by atoms with Crippen LogP contribution in [0.1, 0.15) is 77.6 Å². The zero-order valence-electron chi connectivity index (χ0n) is 14.5. The van der Waals surface area contributed by atoms with Crippen LogP contribution in [0.15, 0.2) is 12.2 Å². The fraction of sp³-hybridized carbons (Fsp3) is 0.842. The van der Waals surface area contributed by atoms with E-state index < -0.39 is 0 Å². The van der Waals surface area contributed by atoms with Gasteiger partial charge in [-0.1, -0.05) is 57.1 Å². The van der Waals surface area contributed by atoms with E-state index in [2.05, 4.69) is 6.58 Å². The molecular weight excluding hydrogens is 272 g/mol. The van der Waals surface area contributed by atoms with Crippen molar-refractivity contribution in [2.75, 3.05) is 6.54 Å². The van der Waals surface area contributed by atoms with E-state index in [9.17, 15) is 4.79 Å². The Morgan fingerprint density at radius 1 is 1.18 bits per heavy atom. The van der Waals surface area contributed by atoms with E-state index in [0.29, 0.717) is 12.3 Å². The van der Waals surface area contributed by atoms with Crippen LogP contribution in [0.3, 0.4) is 0 Å². The van der Waals surface area contributed by atoms with Gasteiger partial charge in [0.25, 0.3) is 0 Å². The molecule has 0 aromatic rings. The molecule has 0 aromatic heterocycles. The lowest BCUT2D eigenvalue weighted by Gasteiger charge is -2.21. The van der Waals surface area contributed by atoms with E-state index in [-0.39, 0.29) is 17.7 Å². The summed E-state index contributed by atoms with van der Waals surface area (Å²) in [5.74, 6) is 1.16. The lowest BCUT2D eigenvalue weighted by atomic mass is 9.85. The van der Waals surface area contributed by atoms with Gasteiger partial charge in [-0.3, -0.25) is 4.79 Å². The number of ketones is 1. The number of allylic oxidation sites excluding steroid dienone is 1. The molecule has 2 unspecified atom stereocenters. The van der Waals surface area contributed by atoms with Gasteiger partial charge in [-0.05, 0) is 44.6 Å². The summed E-state index contributed by atoms with van der Waals surface area (Å²) in [6.07, 6.45) is 12.3. The number of Topliss-reactive ketones (excluding diaryl/α,β-unsaturated/α-hetero) is 1. The first kappa shape index (κ1) is 19.4. The van der Waals surface area contributed by atoms with Crippen molar-refractivity contribution in [3.05, 3.63) is 12.2 Å². The van der Waals surface area contributed by atoms with Crippen molar-refractivity contribution in [2.24, 2.45) is 23.3 Å². The van der Waals surface area contributed by atoms with Crippen molar-refractivity contribution in [1.29, 1.82) is 0 Å². The van der Waals surface area contributed by atoms with Crippen LogP contribution in [0.4, 0.5) is 0 Å². The Bertz CT molecular complexity index is 332. The molecule has 1 aliphatic rings. The molecule has 2 atom stereocenters. The second-order valence-corrected chi connectivity index (χ2v) is 7.20. The summed E-state index contributed by atoms with van der Waals surface area (Å²) in [4.78, 5) is 12.5. The van der Waals surface area contributed by atoms with Crippen LogP contribution in [0, 0.1) is 11.8 Å². The Morgan fingerprint density at radius 2 is 1.82 bits per heavy atom. The summed E-state index contributed by atoms with van der Waals surface area (Å²) in [6, 6.07) is -0.278. The molecular formula is C19H36N2O. The number of rotatable bonds is 10. The second kappa shape index (κ2) is 11.0. The van der Waals surface area contributed by atoms with Gasteiger partial charge < -0.3 is 11.5 Å². The molecule has 0 bridgehead atoms. The summed E-state index contributed by atoms with van der Waals surface area (Å²) in [7, 11) is 0. The zero-order valence-corrected chi connectivity index (χ0v) is 14.5. The van der Waals surface area contributed by atoms with Gasteiger partial charge in [0.05, 0.1) is 6.04 Å². The summed E-state index contributed by atoms with van der Waals surface area (Å²) >= 11 is 0. The van der Waals surface area contributed by atoms with Crippen molar-refractivity contribution < 1.29 is 4.79 Å². The van der Waals surface area contributed by atoms with Crippen molar-refractivity contribution in [3.8, 4) is 0 Å². The number of carbonyl (C=O) groups excluding carboxylic acids is 1. The van der Waals surface area contributed by atoms with Crippen LogP contribution in [0.25, 0.3) is 0 Å². The first-order chi connectivity index (χ1) is 10.5. The Labute approximate surface area is 136 Å². The summed E-state index contributed by atoms with van der Waals surface area (Å²) in [5.41, 5.74) is 12.9. The van der Waals surface area contributed by atoms with E-state index in [0.717, 1.165) is 37.8 Å². The molecule has 1 saturated carbocycles. The molecule has 128 valence electrons. The Balaban J connectivity index is 2.40. The van der Waals surface area contributed by atoms with Crippen LogP contribution in [0.2, 0.25) is 0 Å². The van der Waals surface area contributed by atoms with Crippen LogP contribution >= 0.6 is 0 Å². The molecule has 0 aromatic carbocycles. The summed E-state index contributed by atoms with van der Waals surface area (Å²) in [6.45, 7) is 6.80. The first-order valence-corrected chi connectivity index (χ1v) is 9.18. The molecule has 0 radical (unpaired) electrons. The SMILES string of the molecule is C=C(C)C(CCCCN)CC(=O)C(N)CC1CCCCCC1. The molecule has 0 heterocycles. The van der Waals surface area contributed by atoms with E-state index >= 15 is 0 Å². The van der Waals surface area contributed by atoms with Gasteiger partial charge in [0.2, 0.25) is 0 Å². The molecule has 3 heteroatoms. The van der Waals surface area contributed by atoms with Crippen LogP contribution < -0.4 is 11.5 Å². The maximum atomic E-state index is 12.5. The van der Waals surface area contributed by atoms with Gasteiger partial charge in [0, 0.05) is 6.42 Å². The molecule has 22 heavy (non-hydrogen) atoms. The minimum atomic E-state index is -0.278. The van der Waals surface area contributed by atoms with E-state index in [1.807, 2.05) is 6.92 Å². The lowest BCUT2D eigenvalue weighted by molar-refractivity contribution is -0.121. The van der Waals surface area contributed by atoms with Crippen LogP contribution in [-0.2, 0) is 4.79 Å². The highest BCUT2D eigenvalue weighted by molar-refractivity contribution is 5.84. The standard InChI is InChI=1S/C19H36N2O/c1-15(2)17(11-7-8-12-20)14-19(22)18(21)13-16-9-5-3-4-6-10-16/h16-18H,1,3-14,20-21H2,2H3. The maximum Gasteiger partial charge on any atom is 0.150 e. The normalized spacial score (nSPS) is 19.4. The van der Waals surface area contributed by atoms with Gasteiger partial charge >= 0.3 is 0 Å². The van der Waals surface area contributed by atoms with Crippen LogP contribution in [-0.4, -0.2) is 18.4 Å². The van der Waals surface area contributed by atoms with Crippen LogP contribution in [0.5, 0.6) is 0 Å². The summed E-state index contributed by atoms with van der Waals surface area (Å²) in [5, 5.41) is 0. The highest BCUT2D eigenvalue weighted by Crippen LogP contribution is 2.27. The van der Waals surface area contributed by atoms with Gasteiger partial charge in [-0.15, -0.1) is 0 Å². The van der Waals surface area contributed by atoms with Crippen molar-refractivity contribution in [3.63, 3.8) is 0 Å². The third kappa shape index (κ3) is 7.55. The number of hydrogen-bond acceptors (Lipinski definition) is 3. The van der Waals surface area contributed by atoms with Gasteiger partial charge in [0.15, 0.2) is 0 Å². The minimum Gasteiger partial charge on any atom is -0.330 e. The highest BCUT2D eigenvalue weighted by atomic mass is 16.1. The quantitative estimate of drug-likeness (QED) is 0.365. The Hall–Kier alpha value is -0.670. The topological polar surface area (TPSA) is 69.1 Å². The second-order valence-electron chi connectivity index (χ2n) is 7.20. The molecule has 1 rings (SSSR count). The maximum absolute atomic E-state index is 12.5. The molecule has 1 aliphatic carbocycles. The number of unbranched alkanes of at least 4 members (excludes halogenated alkanes) is 1. The van der Waals surface area contributed by atoms with E-state index in [1.54, 1.807) is 0 Å². The van der Waals surface area contributed by atoms with Crippen molar-refractivity contribution in [2.45, 2.75) is 83.6 Å². The molecule has 0 aliphatic heterocycles. The summed E-state index contributed by atoms with van der Waals surface area (Å²) < 4.78 is 0. The molecule has 0 spiro atoms. The van der Waals surface area contributed by atoms with E-state index in [1.165, 1.54) is 38.5 Å². The predicted molar refractivity (Wildman–Crippen MR) is 94.6 cm³/mol. The first-order valence-electron chi connectivity index (χ1n) is 9.18. The Morgan fingerprint density at radius 3 is 2.36 bits per heavy atom. The molecule has 0 amide bonds. The monoisotopic (exact) mass is 308 g/mol. The molecule has 0 saturated heterocycles. The molecule has 1 fully saturated rings. The molecule has 3 nitrogen and oxygen atoms in total. The fourth-order valence-corrected chi connectivity index (χ4v) is 3.54. The zero-order chi connectivity index (χ0) is 16.4.